The van der Waals surface area contributed by atoms with Gasteiger partial charge in [0.25, 0.3) is 0 Å². The third-order valence-electron chi connectivity index (χ3n) is 3.38. The molecule has 0 saturated carbocycles. The Hall–Kier alpha value is -0.860. The van der Waals surface area contributed by atoms with E-state index in [2.05, 4.69) is 15.5 Å². The number of carbonyl (C=O) groups excluding carboxylic acids is 1. The fraction of sp³-hybridized carbons (Fsp3) is 0.909. The number of amides is 2. The van der Waals surface area contributed by atoms with Gasteiger partial charge in [-0.1, -0.05) is 0 Å². The molecule has 0 aromatic carbocycles. The Balaban J connectivity index is 1.59. The lowest BCUT2D eigenvalue weighted by atomic mass is 10.3. The van der Waals surface area contributed by atoms with Crippen molar-refractivity contribution >= 4 is 15.9 Å². The average Bonchev–Trinajstić information content (AvgIpc) is 2.70. The summed E-state index contributed by atoms with van der Waals surface area (Å²) in [5.74, 6) is 0.232. The van der Waals surface area contributed by atoms with Gasteiger partial charge in [-0.2, -0.15) is 0 Å². The Morgan fingerprint density at radius 2 is 2.05 bits per heavy atom. The van der Waals surface area contributed by atoms with E-state index in [4.69, 9.17) is 4.74 Å². The van der Waals surface area contributed by atoms with Crippen LogP contribution in [0.1, 0.15) is 6.42 Å². The van der Waals surface area contributed by atoms with Crippen molar-refractivity contribution in [3.8, 4) is 0 Å². The first-order valence-electron chi connectivity index (χ1n) is 6.60. The van der Waals surface area contributed by atoms with Gasteiger partial charge < -0.3 is 15.4 Å². The molecule has 0 bridgehead atoms. The fourth-order valence-corrected chi connectivity index (χ4v) is 3.97. The molecule has 2 saturated heterocycles. The molecule has 2 N–H and O–H groups in total. The number of nitrogens with zero attached hydrogens (tertiary/aromatic N) is 1. The van der Waals surface area contributed by atoms with Gasteiger partial charge in [0, 0.05) is 32.2 Å². The van der Waals surface area contributed by atoms with E-state index in [0.717, 1.165) is 32.8 Å². The molecule has 8 heteroatoms. The van der Waals surface area contributed by atoms with E-state index in [1.165, 1.54) is 0 Å². The Labute approximate surface area is 113 Å². The molecule has 19 heavy (non-hydrogen) atoms. The van der Waals surface area contributed by atoms with Crippen molar-refractivity contribution in [3.63, 3.8) is 0 Å². The minimum Gasteiger partial charge on any atom is -0.379 e. The molecule has 7 nitrogen and oxygen atoms in total. The van der Waals surface area contributed by atoms with E-state index in [1.807, 2.05) is 0 Å². The number of morpholine rings is 1. The highest BCUT2D eigenvalue weighted by Crippen LogP contribution is 2.10. The highest BCUT2D eigenvalue weighted by atomic mass is 32.2. The van der Waals surface area contributed by atoms with Gasteiger partial charge in [0.2, 0.25) is 0 Å². The standard InChI is InChI=1S/C11H21N3O4S/c15-11(13-10-1-8-19(16,17)9-10)12-2-3-14-4-6-18-7-5-14/h10H,1-9H2,(H2,12,13,15)/t10-/m0/s1. The summed E-state index contributed by atoms with van der Waals surface area (Å²) in [6.45, 7) is 4.62. The van der Waals surface area contributed by atoms with Gasteiger partial charge in [-0.05, 0) is 6.42 Å². The minimum absolute atomic E-state index is 0.0594. The molecule has 2 aliphatic heterocycles. The second kappa shape index (κ2) is 6.53. The molecular weight excluding hydrogens is 270 g/mol. The van der Waals surface area contributed by atoms with Crippen LogP contribution in [0.4, 0.5) is 4.79 Å². The Kier molecular flexibility index (Phi) is 5.00. The SMILES string of the molecule is O=C(NCCN1CCOCC1)N[C@H]1CCS(=O)(=O)C1. The summed E-state index contributed by atoms with van der Waals surface area (Å²) in [5, 5.41) is 5.46. The van der Waals surface area contributed by atoms with Crippen molar-refractivity contribution in [2.45, 2.75) is 12.5 Å². The second-order valence-corrected chi connectivity index (χ2v) is 7.18. The van der Waals surface area contributed by atoms with Crippen molar-refractivity contribution in [1.29, 1.82) is 0 Å². The van der Waals surface area contributed by atoms with Crippen molar-refractivity contribution in [1.82, 2.24) is 15.5 Å². The molecule has 0 spiro atoms. The lowest BCUT2D eigenvalue weighted by Crippen LogP contribution is -2.46. The van der Waals surface area contributed by atoms with Crippen LogP contribution in [0.5, 0.6) is 0 Å². The minimum atomic E-state index is -2.94. The molecule has 110 valence electrons. The van der Waals surface area contributed by atoms with Crippen molar-refractivity contribution < 1.29 is 17.9 Å². The molecule has 0 aromatic rings. The quantitative estimate of drug-likeness (QED) is 0.680. The number of rotatable bonds is 4. The van der Waals surface area contributed by atoms with Gasteiger partial charge in [0.1, 0.15) is 0 Å². The van der Waals surface area contributed by atoms with Gasteiger partial charge in [-0.25, -0.2) is 13.2 Å². The molecule has 0 radical (unpaired) electrons. The van der Waals surface area contributed by atoms with Gasteiger partial charge in [0.05, 0.1) is 24.7 Å². The van der Waals surface area contributed by atoms with Gasteiger partial charge in [-0.3, -0.25) is 4.90 Å². The normalized spacial score (nSPS) is 27.1. The van der Waals surface area contributed by atoms with E-state index in [9.17, 15) is 13.2 Å². The topological polar surface area (TPSA) is 87.7 Å². The van der Waals surface area contributed by atoms with Crippen LogP contribution in [0.3, 0.4) is 0 Å². The Bertz CT molecular complexity index is 406. The van der Waals surface area contributed by atoms with Crippen molar-refractivity contribution in [3.05, 3.63) is 0 Å². The number of sulfone groups is 1. The zero-order valence-corrected chi connectivity index (χ0v) is 11.7. The number of nitrogens with one attached hydrogen (secondary N) is 2. The third-order valence-corrected chi connectivity index (χ3v) is 5.15. The Morgan fingerprint density at radius 1 is 1.32 bits per heavy atom. The predicted molar refractivity (Wildman–Crippen MR) is 70.9 cm³/mol. The summed E-state index contributed by atoms with van der Waals surface area (Å²) in [4.78, 5) is 13.8. The molecule has 2 aliphatic rings. The van der Waals surface area contributed by atoms with Crippen LogP contribution in [0.2, 0.25) is 0 Å². The molecular formula is C11H21N3O4S. The predicted octanol–water partition coefficient (Wildman–Crippen LogP) is -1.20. The lowest BCUT2D eigenvalue weighted by molar-refractivity contribution is 0.0387. The number of carbonyl (C=O) groups is 1. The maximum absolute atomic E-state index is 11.6. The summed E-state index contributed by atoms with van der Waals surface area (Å²) in [6, 6.07) is -0.524. The molecule has 0 aliphatic carbocycles. The molecule has 1 atom stereocenters. The van der Waals surface area contributed by atoms with E-state index >= 15 is 0 Å². The molecule has 0 unspecified atom stereocenters. The largest absolute Gasteiger partial charge is 0.379 e. The zero-order chi connectivity index (χ0) is 13.7. The zero-order valence-electron chi connectivity index (χ0n) is 10.9. The van der Waals surface area contributed by atoms with Crippen LogP contribution in [-0.2, 0) is 14.6 Å². The van der Waals surface area contributed by atoms with Gasteiger partial charge in [0.15, 0.2) is 9.84 Å². The fourth-order valence-electron chi connectivity index (χ4n) is 2.30. The molecule has 2 rings (SSSR count). The average molecular weight is 291 g/mol. The molecule has 2 fully saturated rings. The smallest absolute Gasteiger partial charge is 0.315 e. The number of hydrogen-bond donors (Lipinski definition) is 2. The summed E-state index contributed by atoms with van der Waals surface area (Å²) >= 11 is 0. The van der Waals surface area contributed by atoms with Crippen LogP contribution in [-0.4, -0.2) is 76.3 Å². The summed E-state index contributed by atoms with van der Waals surface area (Å²) in [7, 11) is -2.94. The van der Waals surface area contributed by atoms with Crippen LogP contribution in [0.15, 0.2) is 0 Å². The lowest BCUT2D eigenvalue weighted by Gasteiger charge is -2.26. The first-order valence-corrected chi connectivity index (χ1v) is 8.42. The van der Waals surface area contributed by atoms with Crippen molar-refractivity contribution in [2.75, 3.05) is 50.9 Å². The highest BCUT2D eigenvalue weighted by Gasteiger charge is 2.28. The molecule has 2 heterocycles. The van der Waals surface area contributed by atoms with Crippen molar-refractivity contribution in [2.24, 2.45) is 0 Å². The summed E-state index contributed by atoms with van der Waals surface area (Å²) < 4.78 is 27.7. The van der Waals surface area contributed by atoms with Gasteiger partial charge >= 0.3 is 6.03 Å². The van der Waals surface area contributed by atoms with E-state index in [1.54, 1.807) is 0 Å². The first kappa shape index (κ1) is 14.5. The second-order valence-electron chi connectivity index (χ2n) is 4.95. The van der Waals surface area contributed by atoms with E-state index in [0.29, 0.717) is 13.0 Å². The number of ether oxygens (including phenoxy) is 1. The van der Waals surface area contributed by atoms with Crippen LogP contribution >= 0.6 is 0 Å². The van der Waals surface area contributed by atoms with Crippen LogP contribution in [0, 0.1) is 0 Å². The first-order chi connectivity index (χ1) is 9.05. The Morgan fingerprint density at radius 3 is 2.68 bits per heavy atom. The van der Waals surface area contributed by atoms with Crippen LogP contribution in [0.25, 0.3) is 0 Å². The monoisotopic (exact) mass is 291 g/mol. The van der Waals surface area contributed by atoms with Gasteiger partial charge in [-0.15, -0.1) is 0 Å². The summed E-state index contributed by atoms with van der Waals surface area (Å²) in [5.41, 5.74) is 0. The maximum Gasteiger partial charge on any atom is 0.315 e. The van der Waals surface area contributed by atoms with E-state index in [-0.39, 0.29) is 23.6 Å². The number of urea groups is 1. The van der Waals surface area contributed by atoms with E-state index < -0.39 is 9.84 Å². The number of hydrogen-bond acceptors (Lipinski definition) is 5. The highest BCUT2D eigenvalue weighted by molar-refractivity contribution is 7.91. The summed E-state index contributed by atoms with van der Waals surface area (Å²) in [6.07, 6.45) is 0.513. The van der Waals surface area contributed by atoms with Crippen LogP contribution < -0.4 is 10.6 Å². The molecule has 2 amide bonds. The maximum atomic E-state index is 11.6. The molecule has 0 aromatic heterocycles. The third kappa shape index (κ3) is 4.96.